The molecule has 0 rings (SSSR count). The molecule has 9 heavy (non-hydrogen) atoms. The SMILES string of the molecule is CCOCC.NC(=S)S. The maximum atomic E-state index is 4.83. The molecule has 56 valence electrons. The van der Waals surface area contributed by atoms with Crippen molar-refractivity contribution in [2.75, 3.05) is 13.2 Å². The molecule has 0 radical (unpaired) electrons. The van der Waals surface area contributed by atoms with E-state index in [9.17, 15) is 0 Å². The van der Waals surface area contributed by atoms with E-state index in [2.05, 4.69) is 24.8 Å². The minimum absolute atomic E-state index is 0.194. The third-order valence-electron chi connectivity index (χ3n) is 0.408. The summed E-state index contributed by atoms with van der Waals surface area (Å²) in [6, 6.07) is 0. The molecule has 0 saturated heterocycles. The predicted octanol–water partition coefficient (Wildman–Crippen LogP) is 1.20. The molecule has 0 atom stereocenters. The monoisotopic (exact) mass is 167 g/mol. The zero-order chi connectivity index (χ0) is 7.70. The van der Waals surface area contributed by atoms with E-state index in [0.717, 1.165) is 13.2 Å². The molecule has 0 saturated carbocycles. The standard InChI is InChI=1S/C4H10O.CH3NS2/c1-3-5-4-2;2-1(3)4/h3-4H2,1-2H3;(H3,2,3,4). The molecule has 2 N–H and O–H groups in total. The summed E-state index contributed by atoms with van der Waals surface area (Å²) in [4.78, 5) is 0. The number of rotatable bonds is 2. The third kappa shape index (κ3) is 65.1. The van der Waals surface area contributed by atoms with E-state index < -0.39 is 0 Å². The van der Waals surface area contributed by atoms with E-state index in [4.69, 9.17) is 10.5 Å². The number of hydrogen-bond donors (Lipinski definition) is 2. The Kier molecular flexibility index (Phi) is 14.7. The van der Waals surface area contributed by atoms with Gasteiger partial charge in [-0.05, 0) is 13.8 Å². The number of nitrogens with two attached hydrogens (primary N) is 1. The van der Waals surface area contributed by atoms with Crippen molar-refractivity contribution in [1.29, 1.82) is 0 Å². The maximum Gasteiger partial charge on any atom is 0.128 e. The maximum absolute atomic E-state index is 4.83. The van der Waals surface area contributed by atoms with E-state index in [0.29, 0.717) is 0 Å². The molecule has 0 unspecified atom stereocenters. The lowest BCUT2D eigenvalue weighted by molar-refractivity contribution is 0.162. The van der Waals surface area contributed by atoms with Crippen molar-refractivity contribution in [3.05, 3.63) is 0 Å². The second-order valence-corrected chi connectivity index (χ2v) is 2.34. The summed E-state index contributed by atoms with van der Waals surface area (Å²) >= 11 is 7.65. The van der Waals surface area contributed by atoms with Gasteiger partial charge in [-0.1, -0.05) is 12.2 Å². The van der Waals surface area contributed by atoms with Crippen LogP contribution in [0.2, 0.25) is 0 Å². The number of thiol groups is 1. The molecule has 4 heteroatoms. The second kappa shape index (κ2) is 11.1. The van der Waals surface area contributed by atoms with Gasteiger partial charge in [-0.15, -0.1) is 12.6 Å². The van der Waals surface area contributed by atoms with Crippen LogP contribution in [-0.2, 0) is 4.74 Å². The molecule has 0 aromatic heterocycles. The molecule has 2 nitrogen and oxygen atoms in total. The predicted molar refractivity (Wildman–Crippen MR) is 47.9 cm³/mol. The fourth-order valence-corrected chi connectivity index (χ4v) is 0.204. The lowest BCUT2D eigenvalue weighted by atomic mass is 10.8. The van der Waals surface area contributed by atoms with Crippen LogP contribution in [0, 0.1) is 0 Å². The Labute approximate surface area is 67.2 Å². The van der Waals surface area contributed by atoms with Crippen molar-refractivity contribution >= 4 is 29.2 Å². The molecule has 0 aromatic carbocycles. The molecule has 0 amide bonds. The highest BCUT2D eigenvalue weighted by molar-refractivity contribution is 8.10. The zero-order valence-corrected chi connectivity index (χ0v) is 7.47. The van der Waals surface area contributed by atoms with Crippen LogP contribution in [0.1, 0.15) is 13.8 Å². The summed E-state index contributed by atoms with van der Waals surface area (Å²) in [5, 5.41) is 0. The number of hydrogen-bond acceptors (Lipinski definition) is 2. The fourth-order valence-electron chi connectivity index (χ4n) is 0.204. The Morgan fingerprint density at radius 1 is 1.56 bits per heavy atom. The van der Waals surface area contributed by atoms with Gasteiger partial charge in [0.1, 0.15) is 4.32 Å². The molecule has 0 bridgehead atoms. The van der Waals surface area contributed by atoms with Gasteiger partial charge >= 0.3 is 0 Å². The third-order valence-corrected chi connectivity index (χ3v) is 0.408. The van der Waals surface area contributed by atoms with E-state index in [1.54, 1.807) is 0 Å². The molecule has 0 fully saturated rings. The van der Waals surface area contributed by atoms with Gasteiger partial charge < -0.3 is 10.5 Å². The second-order valence-electron chi connectivity index (χ2n) is 1.12. The van der Waals surface area contributed by atoms with Crippen LogP contribution in [0.25, 0.3) is 0 Å². The molecule has 0 aromatic rings. The van der Waals surface area contributed by atoms with Crippen molar-refractivity contribution in [1.82, 2.24) is 0 Å². The quantitative estimate of drug-likeness (QED) is 0.479. The minimum Gasteiger partial charge on any atom is -0.385 e. The fraction of sp³-hybridized carbons (Fsp3) is 0.800. The minimum atomic E-state index is 0.194. The van der Waals surface area contributed by atoms with Crippen LogP contribution in [0.3, 0.4) is 0 Å². The summed E-state index contributed by atoms with van der Waals surface area (Å²) in [5.74, 6) is 0. The van der Waals surface area contributed by atoms with Gasteiger partial charge in [-0.3, -0.25) is 0 Å². The highest BCUT2D eigenvalue weighted by Crippen LogP contribution is 1.64. The lowest BCUT2D eigenvalue weighted by Gasteiger charge is -1.86. The summed E-state index contributed by atoms with van der Waals surface area (Å²) < 4.78 is 5.03. The highest BCUT2D eigenvalue weighted by atomic mass is 32.1. The van der Waals surface area contributed by atoms with Crippen LogP contribution < -0.4 is 5.73 Å². The van der Waals surface area contributed by atoms with Crippen LogP contribution >= 0.6 is 24.8 Å². The van der Waals surface area contributed by atoms with Gasteiger partial charge in [-0.25, -0.2) is 0 Å². The Bertz CT molecular complexity index is 62.0. The first-order chi connectivity index (χ1) is 4.15. The van der Waals surface area contributed by atoms with Crippen molar-refractivity contribution < 1.29 is 4.74 Å². The smallest absolute Gasteiger partial charge is 0.128 e. The van der Waals surface area contributed by atoms with Crippen LogP contribution in [-0.4, -0.2) is 17.5 Å². The van der Waals surface area contributed by atoms with E-state index >= 15 is 0 Å². The normalized spacial score (nSPS) is 7.44. The average molecular weight is 167 g/mol. The lowest BCUT2D eigenvalue weighted by Crippen LogP contribution is -1.94. The topological polar surface area (TPSA) is 35.2 Å². The summed E-state index contributed by atoms with van der Waals surface area (Å²) in [6.07, 6.45) is 0. The van der Waals surface area contributed by atoms with Gasteiger partial charge in [0.25, 0.3) is 0 Å². The van der Waals surface area contributed by atoms with Gasteiger partial charge in [0.05, 0.1) is 0 Å². The first kappa shape index (κ1) is 11.9. The van der Waals surface area contributed by atoms with E-state index in [1.807, 2.05) is 13.8 Å². The number of thiocarbonyl (C=S) groups is 1. The van der Waals surface area contributed by atoms with Crippen LogP contribution in [0.15, 0.2) is 0 Å². The first-order valence-corrected chi connectivity index (χ1v) is 3.56. The summed E-state index contributed by atoms with van der Waals surface area (Å²) in [7, 11) is 0. The Morgan fingerprint density at radius 3 is 1.78 bits per heavy atom. The van der Waals surface area contributed by atoms with E-state index in [-0.39, 0.29) is 4.32 Å². The van der Waals surface area contributed by atoms with Crippen molar-refractivity contribution in [2.45, 2.75) is 13.8 Å². The van der Waals surface area contributed by atoms with Gasteiger partial charge in [0, 0.05) is 13.2 Å². The van der Waals surface area contributed by atoms with Gasteiger partial charge in [-0.2, -0.15) is 0 Å². The Morgan fingerprint density at radius 2 is 1.78 bits per heavy atom. The number of ether oxygens (including phenoxy) is 1. The van der Waals surface area contributed by atoms with E-state index in [1.165, 1.54) is 0 Å². The molecular formula is C5H13NOS2. The first-order valence-electron chi connectivity index (χ1n) is 2.71. The molecule has 0 spiro atoms. The van der Waals surface area contributed by atoms with Gasteiger partial charge in [0.15, 0.2) is 0 Å². The molecule has 0 aliphatic heterocycles. The zero-order valence-electron chi connectivity index (χ0n) is 5.76. The van der Waals surface area contributed by atoms with Gasteiger partial charge in [0.2, 0.25) is 0 Å². The average Bonchev–Trinajstić information content (AvgIpc) is 1.66. The highest BCUT2D eigenvalue weighted by Gasteiger charge is 1.64. The molecule has 0 aliphatic carbocycles. The molecule has 0 heterocycles. The van der Waals surface area contributed by atoms with Crippen molar-refractivity contribution in [3.8, 4) is 0 Å². The largest absolute Gasteiger partial charge is 0.385 e. The molecule has 0 aliphatic rings. The van der Waals surface area contributed by atoms with Crippen molar-refractivity contribution in [2.24, 2.45) is 5.73 Å². The van der Waals surface area contributed by atoms with Crippen LogP contribution in [0.5, 0.6) is 0 Å². The summed E-state index contributed by atoms with van der Waals surface area (Å²) in [6.45, 7) is 5.67. The Balaban J connectivity index is 0. The summed E-state index contributed by atoms with van der Waals surface area (Å²) in [5.41, 5.74) is 4.71. The van der Waals surface area contributed by atoms with Crippen LogP contribution in [0.4, 0.5) is 0 Å². The Hall–Kier alpha value is 0.200. The molecular weight excluding hydrogens is 154 g/mol. The van der Waals surface area contributed by atoms with Crippen molar-refractivity contribution in [3.63, 3.8) is 0 Å².